The lowest BCUT2D eigenvalue weighted by Crippen LogP contribution is -1.78. The van der Waals surface area contributed by atoms with E-state index in [1.165, 1.54) is 0 Å². The van der Waals surface area contributed by atoms with E-state index in [0.29, 0.717) is 0 Å². The van der Waals surface area contributed by atoms with Gasteiger partial charge in [-0.05, 0) is 18.6 Å². The van der Waals surface area contributed by atoms with E-state index in [1.54, 1.807) is 0 Å². The highest BCUT2D eigenvalue weighted by atomic mass is 14.2. The maximum Gasteiger partial charge on any atom is 0.0997 e. The summed E-state index contributed by atoms with van der Waals surface area (Å²) in [5.74, 6) is 0. The molecule has 0 radical (unpaired) electrons. The molecule has 0 N–H and O–H groups in total. The number of allylic oxidation sites excluding steroid dienone is 1. The third-order valence-electron chi connectivity index (χ3n) is 1.43. The molecule has 1 rings (SSSR count). The van der Waals surface area contributed by atoms with Gasteiger partial charge in [-0.25, -0.2) is 0 Å². The van der Waals surface area contributed by atoms with E-state index >= 15 is 0 Å². The molecule has 0 aromatic heterocycles. The Balaban J connectivity index is 3.15. The van der Waals surface area contributed by atoms with Crippen LogP contribution in [-0.4, -0.2) is 0 Å². The maximum atomic E-state index is 8.66. The molecule has 1 nitrogen and oxygen atoms in total. The average molecular weight is 143 g/mol. The van der Waals surface area contributed by atoms with Crippen molar-refractivity contribution in [3.63, 3.8) is 0 Å². The first-order chi connectivity index (χ1) is 5.38. The highest BCUT2D eigenvalue weighted by molar-refractivity contribution is 5.57. The van der Waals surface area contributed by atoms with Crippen molar-refractivity contribution in [3.8, 4) is 6.07 Å². The Morgan fingerprint density at radius 2 is 2.09 bits per heavy atom. The molecule has 1 aromatic rings. The topological polar surface area (TPSA) is 23.8 Å². The van der Waals surface area contributed by atoms with Gasteiger partial charge in [0.05, 0.1) is 11.6 Å². The van der Waals surface area contributed by atoms with E-state index in [-0.39, 0.29) is 0 Å². The molecule has 0 saturated carbocycles. The van der Waals surface area contributed by atoms with Gasteiger partial charge in [0.25, 0.3) is 0 Å². The fourth-order valence-electron chi connectivity index (χ4n) is 0.924. The number of benzene rings is 1. The van der Waals surface area contributed by atoms with Gasteiger partial charge in [-0.15, -0.1) is 0 Å². The summed E-state index contributed by atoms with van der Waals surface area (Å²) in [4.78, 5) is 0. The molecular weight excluding hydrogens is 134 g/mol. The molecule has 0 amide bonds. The van der Waals surface area contributed by atoms with Crippen LogP contribution in [0, 0.1) is 11.3 Å². The molecule has 11 heavy (non-hydrogen) atoms. The third-order valence-corrected chi connectivity index (χ3v) is 1.43. The van der Waals surface area contributed by atoms with Gasteiger partial charge < -0.3 is 0 Å². The fourth-order valence-corrected chi connectivity index (χ4v) is 0.924. The second-order valence-electron chi connectivity index (χ2n) is 2.20. The van der Waals surface area contributed by atoms with Crippen LogP contribution in [0.4, 0.5) is 0 Å². The zero-order chi connectivity index (χ0) is 8.10. The van der Waals surface area contributed by atoms with Crippen LogP contribution in [0.15, 0.2) is 30.3 Å². The summed E-state index contributed by atoms with van der Waals surface area (Å²) in [7, 11) is 0. The molecule has 0 atom stereocenters. The van der Waals surface area contributed by atoms with Gasteiger partial charge in [-0.1, -0.05) is 30.4 Å². The Bertz CT molecular complexity index is 305. The molecule has 0 heterocycles. The zero-order valence-electron chi connectivity index (χ0n) is 6.41. The smallest absolute Gasteiger partial charge is 0.0997 e. The van der Waals surface area contributed by atoms with Gasteiger partial charge in [-0.3, -0.25) is 0 Å². The van der Waals surface area contributed by atoms with E-state index in [0.717, 1.165) is 11.1 Å². The lowest BCUT2D eigenvalue weighted by atomic mass is 10.1. The van der Waals surface area contributed by atoms with Crippen LogP contribution >= 0.6 is 0 Å². The monoisotopic (exact) mass is 143 g/mol. The SMILES string of the molecule is CC=Cc1ccccc1C#N. The molecule has 0 unspecified atom stereocenters. The Hall–Kier alpha value is -1.55. The van der Waals surface area contributed by atoms with Crippen molar-refractivity contribution in [1.82, 2.24) is 0 Å². The maximum absolute atomic E-state index is 8.66. The lowest BCUT2D eigenvalue weighted by Gasteiger charge is -1.93. The first-order valence-corrected chi connectivity index (χ1v) is 3.50. The summed E-state index contributed by atoms with van der Waals surface area (Å²) in [6.45, 7) is 1.94. The normalized spacial score (nSPS) is 9.82. The molecule has 1 aromatic carbocycles. The summed E-state index contributed by atoms with van der Waals surface area (Å²) < 4.78 is 0. The molecule has 0 aliphatic heterocycles. The van der Waals surface area contributed by atoms with Gasteiger partial charge in [0.2, 0.25) is 0 Å². The largest absolute Gasteiger partial charge is 0.192 e. The Morgan fingerprint density at radius 1 is 1.36 bits per heavy atom. The minimum absolute atomic E-state index is 0.727. The van der Waals surface area contributed by atoms with Gasteiger partial charge in [-0.2, -0.15) is 5.26 Å². The lowest BCUT2D eigenvalue weighted by molar-refractivity contribution is 1.47. The second-order valence-corrected chi connectivity index (χ2v) is 2.20. The predicted molar refractivity (Wildman–Crippen MR) is 45.9 cm³/mol. The fraction of sp³-hybridized carbons (Fsp3) is 0.100. The van der Waals surface area contributed by atoms with Gasteiger partial charge in [0.1, 0.15) is 0 Å². The van der Waals surface area contributed by atoms with Crippen LogP contribution in [0.3, 0.4) is 0 Å². The van der Waals surface area contributed by atoms with Crippen LogP contribution in [0.25, 0.3) is 6.08 Å². The highest BCUT2D eigenvalue weighted by Crippen LogP contribution is 2.08. The van der Waals surface area contributed by atoms with Crippen LogP contribution in [0.2, 0.25) is 0 Å². The second kappa shape index (κ2) is 3.58. The standard InChI is InChI=1S/C10H9N/c1-2-5-9-6-3-4-7-10(9)8-11/h2-7H,1H3. The summed E-state index contributed by atoms with van der Waals surface area (Å²) in [5.41, 5.74) is 1.71. The summed E-state index contributed by atoms with van der Waals surface area (Å²) in [6.07, 6.45) is 3.86. The van der Waals surface area contributed by atoms with Crippen molar-refractivity contribution < 1.29 is 0 Å². The van der Waals surface area contributed by atoms with E-state index in [4.69, 9.17) is 5.26 Å². The van der Waals surface area contributed by atoms with E-state index in [2.05, 4.69) is 6.07 Å². The van der Waals surface area contributed by atoms with Crippen LogP contribution in [-0.2, 0) is 0 Å². The first-order valence-electron chi connectivity index (χ1n) is 3.50. The van der Waals surface area contributed by atoms with E-state index in [1.807, 2.05) is 43.3 Å². The molecule has 0 aliphatic rings. The molecule has 0 spiro atoms. The molecule has 1 heteroatoms. The zero-order valence-corrected chi connectivity index (χ0v) is 6.41. The highest BCUT2D eigenvalue weighted by Gasteiger charge is 1.93. The van der Waals surface area contributed by atoms with Gasteiger partial charge >= 0.3 is 0 Å². The van der Waals surface area contributed by atoms with Crippen molar-refractivity contribution in [2.75, 3.05) is 0 Å². The minimum Gasteiger partial charge on any atom is -0.192 e. The molecule has 0 bridgehead atoms. The number of hydrogen-bond acceptors (Lipinski definition) is 1. The van der Waals surface area contributed by atoms with Crippen LogP contribution in [0.5, 0.6) is 0 Å². The predicted octanol–water partition coefficient (Wildman–Crippen LogP) is 2.59. The van der Waals surface area contributed by atoms with Crippen molar-refractivity contribution in [3.05, 3.63) is 41.5 Å². The number of rotatable bonds is 1. The Labute approximate surface area is 66.6 Å². The van der Waals surface area contributed by atoms with Gasteiger partial charge in [0, 0.05) is 0 Å². The molecule has 0 fully saturated rings. The Morgan fingerprint density at radius 3 is 2.73 bits per heavy atom. The molecule has 0 aliphatic carbocycles. The van der Waals surface area contributed by atoms with Crippen molar-refractivity contribution in [2.24, 2.45) is 0 Å². The van der Waals surface area contributed by atoms with Crippen molar-refractivity contribution in [1.29, 1.82) is 5.26 Å². The third kappa shape index (κ3) is 1.68. The summed E-state index contributed by atoms with van der Waals surface area (Å²) in [6, 6.07) is 9.67. The van der Waals surface area contributed by atoms with Crippen molar-refractivity contribution >= 4 is 6.08 Å². The molecule has 0 saturated heterocycles. The summed E-state index contributed by atoms with van der Waals surface area (Å²) in [5, 5.41) is 8.66. The summed E-state index contributed by atoms with van der Waals surface area (Å²) >= 11 is 0. The van der Waals surface area contributed by atoms with Crippen molar-refractivity contribution in [2.45, 2.75) is 6.92 Å². The van der Waals surface area contributed by atoms with Gasteiger partial charge in [0.15, 0.2) is 0 Å². The number of nitrogens with zero attached hydrogens (tertiary/aromatic N) is 1. The van der Waals surface area contributed by atoms with E-state index in [9.17, 15) is 0 Å². The quantitative estimate of drug-likeness (QED) is 0.592. The minimum atomic E-state index is 0.727. The molecule has 54 valence electrons. The average Bonchev–Trinajstić information content (AvgIpc) is 2.06. The first kappa shape index (κ1) is 7.56. The van der Waals surface area contributed by atoms with E-state index < -0.39 is 0 Å². The number of nitriles is 1. The number of hydrogen-bond donors (Lipinski definition) is 0. The van der Waals surface area contributed by atoms with Crippen LogP contribution in [0.1, 0.15) is 18.1 Å². The van der Waals surface area contributed by atoms with Crippen LogP contribution < -0.4 is 0 Å². The Kier molecular flexibility index (Phi) is 2.46. The molecular formula is C10H9N.